The van der Waals surface area contributed by atoms with E-state index in [-0.39, 0.29) is 5.41 Å². The van der Waals surface area contributed by atoms with E-state index >= 15 is 0 Å². The third-order valence-electron chi connectivity index (χ3n) is 4.03. The summed E-state index contributed by atoms with van der Waals surface area (Å²) in [5.41, 5.74) is 0.955. The Morgan fingerprint density at radius 2 is 2.24 bits per heavy atom. The van der Waals surface area contributed by atoms with Crippen LogP contribution in [0.1, 0.15) is 49.7 Å². The van der Waals surface area contributed by atoms with Gasteiger partial charge in [-0.2, -0.15) is 5.26 Å². The first kappa shape index (κ1) is 12.6. The smallest absolute Gasteiger partial charge is 0.0944 e. The van der Waals surface area contributed by atoms with Crippen molar-refractivity contribution in [3.05, 3.63) is 16.1 Å². The predicted octanol–water partition coefficient (Wildman–Crippen LogP) is 4.10. The van der Waals surface area contributed by atoms with Crippen LogP contribution in [0.2, 0.25) is 0 Å². The lowest BCUT2D eigenvalue weighted by atomic mass is 9.69. The van der Waals surface area contributed by atoms with Crippen molar-refractivity contribution in [2.45, 2.75) is 52.4 Å². The summed E-state index contributed by atoms with van der Waals surface area (Å²) < 4.78 is 0. The average molecular weight is 248 g/mol. The summed E-state index contributed by atoms with van der Waals surface area (Å²) in [6, 6.07) is 2.59. The lowest BCUT2D eigenvalue weighted by Gasteiger charge is -2.34. The third-order valence-corrected chi connectivity index (χ3v) is 5.00. The first-order valence-electron chi connectivity index (χ1n) is 6.50. The molecule has 0 unspecified atom stereocenters. The SMILES string of the molecule is CCC1CCC(C#N)(Cc2nc(C)cs2)CC1. The van der Waals surface area contributed by atoms with E-state index in [1.807, 2.05) is 6.92 Å². The number of hydrogen-bond donors (Lipinski definition) is 0. The van der Waals surface area contributed by atoms with Crippen LogP contribution in [-0.4, -0.2) is 4.98 Å². The Hall–Kier alpha value is -0.880. The third kappa shape index (κ3) is 2.87. The number of aryl methyl sites for hydroxylation is 1. The fourth-order valence-electron chi connectivity index (χ4n) is 2.74. The largest absolute Gasteiger partial charge is 0.247 e. The molecule has 1 saturated carbocycles. The Kier molecular flexibility index (Phi) is 3.83. The molecule has 1 aliphatic rings. The summed E-state index contributed by atoms with van der Waals surface area (Å²) in [5, 5.41) is 12.7. The zero-order chi connectivity index (χ0) is 12.3. The molecule has 0 atom stereocenters. The maximum atomic E-state index is 9.50. The average Bonchev–Trinajstić information content (AvgIpc) is 2.75. The van der Waals surface area contributed by atoms with Gasteiger partial charge in [-0.25, -0.2) is 4.98 Å². The van der Waals surface area contributed by atoms with Crippen molar-refractivity contribution in [1.29, 1.82) is 5.26 Å². The highest BCUT2D eigenvalue weighted by Crippen LogP contribution is 2.42. The highest BCUT2D eigenvalue weighted by Gasteiger charge is 2.35. The van der Waals surface area contributed by atoms with Gasteiger partial charge in [0.25, 0.3) is 0 Å². The van der Waals surface area contributed by atoms with Crippen molar-refractivity contribution >= 4 is 11.3 Å². The van der Waals surface area contributed by atoms with Gasteiger partial charge in [-0.15, -0.1) is 11.3 Å². The molecule has 1 aromatic heterocycles. The quantitative estimate of drug-likeness (QED) is 0.807. The molecule has 2 nitrogen and oxygen atoms in total. The van der Waals surface area contributed by atoms with Crippen molar-refractivity contribution in [2.75, 3.05) is 0 Å². The topological polar surface area (TPSA) is 36.7 Å². The molecule has 0 saturated heterocycles. The predicted molar refractivity (Wildman–Crippen MR) is 70.9 cm³/mol. The van der Waals surface area contributed by atoms with E-state index in [1.54, 1.807) is 11.3 Å². The molecule has 92 valence electrons. The monoisotopic (exact) mass is 248 g/mol. The zero-order valence-corrected chi connectivity index (χ0v) is 11.5. The van der Waals surface area contributed by atoms with Crippen LogP contribution in [0.3, 0.4) is 0 Å². The van der Waals surface area contributed by atoms with Crippen LogP contribution in [0.15, 0.2) is 5.38 Å². The van der Waals surface area contributed by atoms with Crippen LogP contribution in [-0.2, 0) is 6.42 Å². The van der Waals surface area contributed by atoms with Gasteiger partial charge in [0.2, 0.25) is 0 Å². The number of hydrogen-bond acceptors (Lipinski definition) is 3. The molecule has 1 aliphatic carbocycles. The van der Waals surface area contributed by atoms with Crippen LogP contribution < -0.4 is 0 Å². The molecule has 1 aromatic rings. The summed E-state index contributed by atoms with van der Waals surface area (Å²) >= 11 is 1.70. The van der Waals surface area contributed by atoms with E-state index in [1.165, 1.54) is 19.3 Å². The van der Waals surface area contributed by atoms with Gasteiger partial charge in [0, 0.05) is 17.5 Å². The summed E-state index contributed by atoms with van der Waals surface area (Å²) in [4.78, 5) is 4.50. The normalized spacial score (nSPS) is 28.9. The molecule has 3 heteroatoms. The second kappa shape index (κ2) is 5.18. The molecule has 2 rings (SSSR count). The minimum Gasteiger partial charge on any atom is -0.247 e. The van der Waals surface area contributed by atoms with Crippen LogP contribution in [0, 0.1) is 29.6 Å². The highest BCUT2D eigenvalue weighted by atomic mass is 32.1. The molecular formula is C14H20N2S. The Bertz CT molecular complexity index is 408. The van der Waals surface area contributed by atoms with Gasteiger partial charge in [-0.3, -0.25) is 0 Å². The zero-order valence-electron chi connectivity index (χ0n) is 10.7. The van der Waals surface area contributed by atoms with Crippen LogP contribution in [0.25, 0.3) is 0 Å². The minimum absolute atomic E-state index is 0.129. The first-order chi connectivity index (χ1) is 8.17. The van der Waals surface area contributed by atoms with E-state index in [9.17, 15) is 5.26 Å². The van der Waals surface area contributed by atoms with Gasteiger partial charge in [0.05, 0.1) is 16.5 Å². The van der Waals surface area contributed by atoms with E-state index in [2.05, 4.69) is 23.4 Å². The first-order valence-corrected chi connectivity index (χ1v) is 7.38. The molecule has 1 heterocycles. The molecule has 0 bridgehead atoms. The van der Waals surface area contributed by atoms with Gasteiger partial charge in [0.15, 0.2) is 0 Å². The highest BCUT2D eigenvalue weighted by molar-refractivity contribution is 7.09. The van der Waals surface area contributed by atoms with Crippen LogP contribution in [0.5, 0.6) is 0 Å². The molecule has 0 amide bonds. The molecule has 0 aliphatic heterocycles. The maximum absolute atomic E-state index is 9.50. The summed E-state index contributed by atoms with van der Waals surface area (Å²) in [6.45, 7) is 4.28. The maximum Gasteiger partial charge on any atom is 0.0944 e. The van der Waals surface area contributed by atoms with Crippen molar-refractivity contribution in [3.63, 3.8) is 0 Å². The molecule has 0 N–H and O–H groups in total. The molecule has 1 fully saturated rings. The van der Waals surface area contributed by atoms with Crippen molar-refractivity contribution in [3.8, 4) is 6.07 Å². The Balaban J connectivity index is 2.04. The van der Waals surface area contributed by atoms with Gasteiger partial charge >= 0.3 is 0 Å². The lowest BCUT2D eigenvalue weighted by Crippen LogP contribution is -2.28. The number of nitrogens with zero attached hydrogens (tertiary/aromatic N) is 2. The number of rotatable bonds is 3. The van der Waals surface area contributed by atoms with Crippen LogP contribution in [0.4, 0.5) is 0 Å². The number of aromatic nitrogens is 1. The summed E-state index contributed by atoms with van der Waals surface area (Å²) in [5.74, 6) is 0.842. The van der Waals surface area contributed by atoms with Gasteiger partial charge in [0.1, 0.15) is 0 Å². The van der Waals surface area contributed by atoms with Crippen molar-refractivity contribution < 1.29 is 0 Å². The van der Waals surface area contributed by atoms with Gasteiger partial charge < -0.3 is 0 Å². The second-order valence-electron chi connectivity index (χ2n) is 5.30. The molecule has 0 spiro atoms. The Morgan fingerprint density at radius 1 is 1.53 bits per heavy atom. The summed E-state index contributed by atoms with van der Waals surface area (Å²) in [7, 11) is 0. The Morgan fingerprint density at radius 3 is 2.71 bits per heavy atom. The van der Waals surface area contributed by atoms with E-state index in [4.69, 9.17) is 0 Å². The second-order valence-corrected chi connectivity index (χ2v) is 6.25. The van der Waals surface area contributed by atoms with Crippen molar-refractivity contribution in [1.82, 2.24) is 4.98 Å². The summed E-state index contributed by atoms with van der Waals surface area (Å²) in [6.07, 6.45) is 6.67. The Labute approximate surface area is 108 Å². The van der Waals surface area contributed by atoms with E-state index < -0.39 is 0 Å². The lowest BCUT2D eigenvalue weighted by molar-refractivity contribution is 0.205. The fraction of sp³-hybridized carbons (Fsp3) is 0.714. The molecular weight excluding hydrogens is 228 g/mol. The van der Waals surface area contributed by atoms with Crippen molar-refractivity contribution in [2.24, 2.45) is 11.3 Å². The van der Waals surface area contributed by atoms with Gasteiger partial charge in [-0.1, -0.05) is 13.3 Å². The van der Waals surface area contributed by atoms with Gasteiger partial charge in [-0.05, 0) is 38.5 Å². The fourth-order valence-corrected chi connectivity index (χ4v) is 3.66. The molecule has 17 heavy (non-hydrogen) atoms. The molecule has 0 radical (unpaired) electrons. The molecule has 0 aromatic carbocycles. The van der Waals surface area contributed by atoms with E-state index in [0.29, 0.717) is 0 Å². The minimum atomic E-state index is -0.129. The van der Waals surface area contributed by atoms with Crippen LogP contribution >= 0.6 is 11.3 Å². The standard InChI is InChI=1S/C14H20N2S/c1-3-12-4-6-14(10-15,7-5-12)8-13-16-11(2)9-17-13/h9,12H,3-8H2,1-2H3. The van der Waals surface area contributed by atoms with E-state index in [0.717, 1.165) is 35.9 Å². The number of thiazole rings is 1. The number of nitriles is 1.